The predicted molar refractivity (Wildman–Crippen MR) is 64.7 cm³/mol. The van der Waals surface area contributed by atoms with Crippen LogP contribution in [-0.2, 0) is 19.6 Å². The number of carbonyl (C=O) groups is 2. The van der Waals surface area contributed by atoms with Gasteiger partial charge in [0.1, 0.15) is 5.56 Å². The van der Waals surface area contributed by atoms with Crippen LogP contribution in [0.5, 0.6) is 5.75 Å². The van der Waals surface area contributed by atoms with Crippen molar-refractivity contribution in [3.8, 4) is 5.75 Å². The number of ether oxygens (including phenoxy) is 2. The molecule has 122 valence electrons. The lowest BCUT2D eigenvalue weighted by Crippen LogP contribution is -2.29. The number of carbonyl (C=O) groups excluding carboxylic acids is 2. The van der Waals surface area contributed by atoms with E-state index in [1.165, 1.54) is 0 Å². The summed E-state index contributed by atoms with van der Waals surface area (Å²) in [4.78, 5) is 23.1. The van der Waals surface area contributed by atoms with Gasteiger partial charge in [0.2, 0.25) is 0 Å². The molecule has 0 unspecified atom stereocenters. The van der Waals surface area contributed by atoms with Gasteiger partial charge in [0.15, 0.2) is 5.75 Å². The molecular weight excluding hydrogens is 333 g/mol. The van der Waals surface area contributed by atoms with Crippen molar-refractivity contribution in [1.29, 1.82) is 0 Å². The minimum Gasteiger partial charge on any atom is -0.465 e. The van der Waals surface area contributed by atoms with Crippen molar-refractivity contribution < 1.29 is 44.8 Å². The molecule has 1 rings (SSSR count). The minimum absolute atomic E-state index is 0.510. The van der Waals surface area contributed by atoms with Crippen LogP contribution in [0.4, 0.5) is 13.2 Å². The Hall–Kier alpha value is -2.30. The Bertz CT molecular complexity index is 694. The van der Waals surface area contributed by atoms with Crippen LogP contribution in [-0.4, -0.2) is 40.1 Å². The molecule has 0 aliphatic rings. The lowest BCUT2D eigenvalue weighted by Gasteiger charge is -2.14. The molecule has 1 aromatic carbocycles. The van der Waals surface area contributed by atoms with Crippen LogP contribution in [0.15, 0.2) is 18.2 Å². The Morgan fingerprint density at radius 2 is 1.59 bits per heavy atom. The van der Waals surface area contributed by atoms with Crippen molar-refractivity contribution in [3.63, 3.8) is 0 Å². The standard InChI is InChI=1S/C11H9F3O7S/c1-19-9(15)6-4-3-5-7(8(6)10(16)20-2)21-22(17,18)11(12,13)14/h3-5H,1-2H3. The molecule has 0 saturated carbocycles. The number of esters is 2. The third-order valence-electron chi connectivity index (χ3n) is 2.30. The van der Waals surface area contributed by atoms with Gasteiger partial charge in [-0.3, -0.25) is 0 Å². The van der Waals surface area contributed by atoms with Crippen LogP contribution in [0.2, 0.25) is 0 Å². The number of methoxy groups -OCH3 is 2. The first-order valence-electron chi connectivity index (χ1n) is 5.35. The normalized spacial score (nSPS) is 11.7. The predicted octanol–water partition coefficient (Wildman–Crippen LogP) is 1.49. The summed E-state index contributed by atoms with van der Waals surface area (Å²) in [6.45, 7) is 0. The number of hydrogen-bond acceptors (Lipinski definition) is 7. The average Bonchev–Trinajstić information content (AvgIpc) is 2.43. The van der Waals surface area contributed by atoms with Gasteiger partial charge in [-0.2, -0.15) is 21.6 Å². The van der Waals surface area contributed by atoms with E-state index < -0.39 is 44.4 Å². The molecule has 0 aliphatic carbocycles. The summed E-state index contributed by atoms with van der Waals surface area (Å²) in [7, 11) is -4.18. The summed E-state index contributed by atoms with van der Waals surface area (Å²) in [5.74, 6) is -3.37. The van der Waals surface area contributed by atoms with E-state index in [0.29, 0.717) is 0 Å². The maximum Gasteiger partial charge on any atom is 0.534 e. The van der Waals surface area contributed by atoms with E-state index in [1.807, 2.05) is 0 Å². The van der Waals surface area contributed by atoms with Gasteiger partial charge in [-0.15, -0.1) is 0 Å². The van der Waals surface area contributed by atoms with Crippen molar-refractivity contribution in [2.45, 2.75) is 5.51 Å². The zero-order valence-corrected chi connectivity index (χ0v) is 11.9. The van der Waals surface area contributed by atoms with Crippen molar-refractivity contribution in [2.24, 2.45) is 0 Å². The maximum absolute atomic E-state index is 12.3. The Balaban J connectivity index is 3.50. The van der Waals surface area contributed by atoms with Crippen molar-refractivity contribution in [1.82, 2.24) is 0 Å². The van der Waals surface area contributed by atoms with Gasteiger partial charge in [0, 0.05) is 0 Å². The molecule has 0 atom stereocenters. The number of halogens is 3. The Morgan fingerprint density at radius 1 is 1.05 bits per heavy atom. The minimum atomic E-state index is -6.02. The number of alkyl halides is 3. The molecule has 7 nitrogen and oxygen atoms in total. The van der Waals surface area contributed by atoms with Crippen LogP contribution in [0.25, 0.3) is 0 Å². The van der Waals surface area contributed by atoms with E-state index in [2.05, 4.69) is 13.7 Å². The third-order valence-corrected chi connectivity index (χ3v) is 3.27. The van der Waals surface area contributed by atoms with Crippen LogP contribution in [0.1, 0.15) is 20.7 Å². The second-order valence-corrected chi connectivity index (χ2v) is 5.18. The van der Waals surface area contributed by atoms with Gasteiger partial charge in [-0.1, -0.05) is 6.07 Å². The lowest BCUT2D eigenvalue weighted by atomic mass is 10.1. The van der Waals surface area contributed by atoms with Crippen LogP contribution >= 0.6 is 0 Å². The average molecular weight is 342 g/mol. The molecule has 0 radical (unpaired) electrons. The molecule has 22 heavy (non-hydrogen) atoms. The number of benzene rings is 1. The lowest BCUT2D eigenvalue weighted by molar-refractivity contribution is -0.0500. The topological polar surface area (TPSA) is 96.0 Å². The second kappa shape index (κ2) is 6.22. The molecule has 0 aliphatic heterocycles. The summed E-state index contributed by atoms with van der Waals surface area (Å²) in [5, 5.41) is 0. The van der Waals surface area contributed by atoms with E-state index in [0.717, 1.165) is 32.4 Å². The highest BCUT2D eigenvalue weighted by Crippen LogP contribution is 2.31. The monoisotopic (exact) mass is 342 g/mol. The second-order valence-electron chi connectivity index (χ2n) is 3.65. The van der Waals surface area contributed by atoms with Crippen molar-refractivity contribution in [2.75, 3.05) is 14.2 Å². The van der Waals surface area contributed by atoms with E-state index in [1.54, 1.807) is 0 Å². The van der Waals surface area contributed by atoms with Gasteiger partial charge < -0.3 is 13.7 Å². The summed E-state index contributed by atoms with van der Waals surface area (Å²) >= 11 is 0. The zero-order valence-electron chi connectivity index (χ0n) is 11.1. The Labute approximate surface area is 122 Å². The van der Waals surface area contributed by atoms with E-state index in [-0.39, 0.29) is 0 Å². The molecule has 0 fully saturated rings. The fourth-order valence-corrected chi connectivity index (χ4v) is 1.83. The molecular formula is C11H9F3O7S. The van der Waals surface area contributed by atoms with E-state index in [4.69, 9.17) is 0 Å². The highest BCUT2D eigenvalue weighted by molar-refractivity contribution is 7.88. The zero-order chi connectivity index (χ0) is 17.1. The number of rotatable bonds is 4. The van der Waals surface area contributed by atoms with Gasteiger partial charge in [-0.25, -0.2) is 9.59 Å². The highest BCUT2D eigenvalue weighted by atomic mass is 32.2. The molecule has 0 amide bonds. The van der Waals surface area contributed by atoms with E-state index >= 15 is 0 Å². The van der Waals surface area contributed by atoms with Gasteiger partial charge in [0.25, 0.3) is 0 Å². The molecule has 0 aromatic heterocycles. The summed E-state index contributed by atoms with van der Waals surface area (Å²) in [6, 6.07) is 2.81. The fourth-order valence-electron chi connectivity index (χ4n) is 1.36. The highest BCUT2D eigenvalue weighted by Gasteiger charge is 2.49. The molecule has 0 saturated heterocycles. The van der Waals surface area contributed by atoms with Crippen molar-refractivity contribution in [3.05, 3.63) is 29.3 Å². The first-order chi connectivity index (χ1) is 10.0. The third kappa shape index (κ3) is 3.47. The molecule has 0 spiro atoms. The summed E-state index contributed by atoms with van der Waals surface area (Å²) < 4.78 is 71.6. The molecule has 11 heteroatoms. The smallest absolute Gasteiger partial charge is 0.465 e. The molecule has 1 aromatic rings. The van der Waals surface area contributed by atoms with Gasteiger partial charge in [-0.05, 0) is 12.1 Å². The summed E-state index contributed by atoms with van der Waals surface area (Å²) in [6.07, 6.45) is 0. The fraction of sp³-hybridized carbons (Fsp3) is 0.273. The molecule has 0 heterocycles. The van der Waals surface area contributed by atoms with Gasteiger partial charge in [0.05, 0.1) is 19.8 Å². The van der Waals surface area contributed by atoms with Crippen LogP contribution in [0.3, 0.4) is 0 Å². The van der Waals surface area contributed by atoms with E-state index in [9.17, 15) is 31.2 Å². The molecule has 0 bridgehead atoms. The largest absolute Gasteiger partial charge is 0.534 e. The first kappa shape index (κ1) is 17.8. The first-order valence-corrected chi connectivity index (χ1v) is 6.76. The Kier molecular flexibility index (Phi) is 5.02. The van der Waals surface area contributed by atoms with Crippen LogP contribution < -0.4 is 4.18 Å². The SMILES string of the molecule is COC(=O)c1cccc(OS(=O)(=O)C(F)(F)F)c1C(=O)OC. The van der Waals surface area contributed by atoms with Crippen molar-refractivity contribution >= 4 is 22.1 Å². The maximum atomic E-state index is 12.3. The molecule has 0 N–H and O–H groups in total. The van der Waals surface area contributed by atoms with Gasteiger partial charge >= 0.3 is 27.6 Å². The summed E-state index contributed by atoms with van der Waals surface area (Å²) in [5.41, 5.74) is -7.02. The Morgan fingerprint density at radius 3 is 2.05 bits per heavy atom. The number of hydrogen-bond donors (Lipinski definition) is 0. The van der Waals surface area contributed by atoms with Crippen LogP contribution in [0, 0.1) is 0 Å². The quantitative estimate of drug-likeness (QED) is 0.465.